The van der Waals surface area contributed by atoms with Crippen molar-refractivity contribution in [2.45, 2.75) is 58.4 Å². The van der Waals surface area contributed by atoms with Crippen LogP contribution in [0.1, 0.15) is 52.4 Å². The highest BCUT2D eigenvalue weighted by Crippen LogP contribution is 2.25. The van der Waals surface area contributed by atoms with Crippen molar-refractivity contribution in [2.24, 2.45) is 11.7 Å². The highest BCUT2D eigenvalue weighted by molar-refractivity contribution is 5.87. The van der Waals surface area contributed by atoms with E-state index in [1.165, 1.54) is 19.3 Å². The zero-order chi connectivity index (χ0) is 12.8. The van der Waals surface area contributed by atoms with Gasteiger partial charge < -0.3 is 10.6 Å². The summed E-state index contributed by atoms with van der Waals surface area (Å²) < 4.78 is 0. The van der Waals surface area contributed by atoms with Gasteiger partial charge >= 0.3 is 0 Å². The predicted molar refractivity (Wildman–Crippen MR) is 67.2 cm³/mol. The molecule has 4 heteroatoms. The highest BCUT2D eigenvalue weighted by Gasteiger charge is 2.35. The Morgan fingerprint density at radius 1 is 1.47 bits per heavy atom. The molecule has 0 aromatic heterocycles. The molecule has 1 fully saturated rings. The fraction of sp³-hybridized carbons (Fsp3) is 0.846. The fourth-order valence-electron chi connectivity index (χ4n) is 2.56. The van der Waals surface area contributed by atoms with Crippen molar-refractivity contribution in [3.8, 4) is 0 Å². The maximum Gasteiger partial charge on any atom is 0.240 e. The van der Waals surface area contributed by atoms with Gasteiger partial charge in [-0.1, -0.05) is 33.1 Å². The number of hydrogen-bond donors (Lipinski definition) is 1. The van der Waals surface area contributed by atoms with Gasteiger partial charge in [-0.25, -0.2) is 0 Å². The van der Waals surface area contributed by atoms with E-state index in [0.717, 1.165) is 6.42 Å². The third kappa shape index (κ3) is 3.72. The van der Waals surface area contributed by atoms with Crippen LogP contribution in [-0.4, -0.2) is 29.3 Å². The first-order valence-corrected chi connectivity index (χ1v) is 6.68. The first kappa shape index (κ1) is 14.0. The minimum atomic E-state index is -0.404. The van der Waals surface area contributed by atoms with E-state index in [1.54, 1.807) is 4.90 Å². The zero-order valence-electron chi connectivity index (χ0n) is 10.9. The number of hydrogen-bond acceptors (Lipinski definition) is 2. The van der Waals surface area contributed by atoms with Crippen molar-refractivity contribution in [3.63, 3.8) is 0 Å². The molecule has 4 nitrogen and oxygen atoms in total. The fourth-order valence-corrected chi connectivity index (χ4v) is 2.56. The molecule has 0 aromatic rings. The van der Waals surface area contributed by atoms with E-state index < -0.39 is 6.04 Å². The summed E-state index contributed by atoms with van der Waals surface area (Å²) in [5, 5.41) is 0. The Hall–Kier alpha value is -1.06. The van der Waals surface area contributed by atoms with Crippen LogP contribution in [0, 0.1) is 5.92 Å². The monoisotopic (exact) mass is 240 g/mol. The molecular weight excluding hydrogens is 216 g/mol. The molecular formula is C13H24N2O2. The number of unbranched alkanes of at least 4 members (excludes halogenated alkanes) is 2. The Labute approximate surface area is 104 Å². The molecule has 2 atom stereocenters. The van der Waals surface area contributed by atoms with Crippen molar-refractivity contribution in [1.82, 2.24) is 4.90 Å². The molecule has 98 valence electrons. The zero-order valence-corrected chi connectivity index (χ0v) is 10.9. The lowest BCUT2D eigenvalue weighted by atomic mass is 10.0. The lowest BCUT2D eigenvalue weighted by molar-refractivity contribution is -0.136. The third-order valence-electron chi connectivity index (χ3n) is 3.55. The predicted octanol–water partition coefficient (Wildman–Crippen LogP) is 1.68. The second kappa shape index (κ2) is 6.62. The number of nitrogens with two attached hydrogens (primary N) is 1. The smallest absolute Gasteiger partial charge is 0.240 e. The van der Waals surface area contributed by atoms with Gasteiger partial charge in [0.25, 0.3) is 0 Å². The van der Waals surface area contributed by atoms with Crippen LogP contribution in [0.3, 0.4) is 0 Å². The van der Waals surface area contributed by atoms with Gasteiger partial charge in [0.1, 0.15) is 6.04 Å². The number of rotatable bonds is 7. The van der Waals surface area contributed by atoms with Crippen molar-refractivity contribution in [1.29, 1.82) is 0 Å². The second-order valence-electron chi connectivity index (χ2n) is 4.94. The number of carbonyl (C=O) groups excluding carboxylic acids is 2. The van der Waals surface area contributed by atoms with E-state index in [4.69, 9.17) is 5.73 Å². The second-order valence-corrected chi connectivity index (χ2v) is 4.94. The number of nitrogens with zero attached hydrogens (tertiary/aromatic N) is 1. The Morgan fingerprint density at radius 2 is 2.18 bits per heavy atom. The maximum absolute atomic E-state index is 11.8. The van der Waals surface area contributed by atoms with E-state index >= 15 is 0 Å². The Kier molecular flexibility index (Phi) is 5.45. The Morgan fingerprint density at radius 3 is 2.71 bits per heavy atom. The summed E-state index contributed by atoms with van der Waals surface area (Å²) in [6, 6.07) is -0.404. The molecule has 0 unspecified atom stereocenters. The first-order valence-electron chi connectivity index (χ1n) is 6.68. The summed E-state index contributed by atoms with van der Waals surface area (Å²) in [5.74, 6) is 0.134. The van der Waals surface area contributed by atoms with Crippen molar-refractivity contribution in [3.05, 3.63) is 0 Å². The van der Waals surface area contributed by atoms with E-state index in [0.29, 0.717) is 25.3 Å². The van der Waals surface area contributed by atoms with Crippen LogP contribution < -0.4 is 5.73 Å². The number of amides is 2. The summed E-state index contributed by atoms with van der Waals surface area (Å²) >= 11 is 0. The maximum atomic E-state index is 11.8. The molecule has 1 saturated heterocycles. The molecule has 1 aliphatic rings. The molecule has 0 aromatic carbocycles. The molecule has 0 bridgehead atoms. The highest BCUT2D eigenvalue weighted by atomic mass is 16.2. The Bertz CT molecular complexity index is 279. The molecule has 17 heavy (non-hydrogen) atoms. The van der Waals surface area contributed by atoms with Crippen molar-refractivity contribution >= 4 is 11.8 Å². The summed E-state index contributed by atoms with van der Waals surface area (Å²) in [5.41, 5.74) is 5.32. The molecule has 2 amide bonds. The van der Waals surface area contributed by atoms with Crippen LogP contribution in [0.15, 0.2) is 0 Å². The molecule has 0 aliphatic carbocycles. The van der Waals surface area contributed by atoms with Gasteiger partial charge in [-0.2, -0.15) is 0 Å². The average molecular weight is 240 g/mol. The lowest BCUT2D eigenvalue weighted by Gasteiger charge is -2.24. The summed E-state index contributed by atoms with van der Waals surface area (Å²) in [4.78, 5) is 24.8. The minimum Gasteiger partial charge on any atom is -0.368 e. The van der Waals surface area contributed by atoms with Crippen LogP contribution in [0.5, 0.6) is 0 Å². The Balaban J connectivity index is 2.48. The van der Waals surface area contributed by atoms with E-state index in [1.807, 2.05) is 6.92 Å². The van der Waals surface area contributed by atoms with Crippen molar-refractivity contribution < 1.29 is 9.59 Å². The van der Waals surface area contributed by atoms with E-state index in [-0.39, 0.29) is 11.8 Å². The quantitative estimate of drug-likeness (QED) is 0.688. The van der Waals surface area contributed by atoms with Crippen LogP contribution >= 0.6 is 0 Å². The molecule has 1 rings (SSSR count). The number of primary amides is 1. The minimum absolute atomic E-state index is 0.0946. The van der Waals surface area contributed by atoms with Gasteiger partial charge in [-0.05, 0) is 18.8 Å². The van der Waals surface area contributed by atoms with Gasteiger partial charge in [0, 0.05) is 13.0 Å². The van der Waals surface area contributed by atoms with Gasteiger partial charge in [0.2, 0.25) is 11.8 Å². The molecule has 0 spiro atoms. The van der Waals surface area contributed by atoms with Crippen LogP contribution in [0.25, 0.3) is 0 Å². The average Bonchev–Trinajstić information content (AvgIpc) is 2.61. The standard InChI is InChI=1S/C13H24N2O2/c1-3-5-6-7-10-8-12(16)15(9-10)11(4-2)13(14)17/h10-11H,3-9H2,1-2H3,(H2,14,17)/t10-,11+/m1/s1. The third-order valence-corrected chi connectivity index (χ3v) is 3.55. The topological polar surface area (TPSA) is 63.4 Å². The van der Waals surface area contributed by atoms with Crippen LogP contribution in [0.2, 0.25) is 0 Å². The first-order chi connectivity index (χ1) is 8.10. The summed E-state index contributed by atoms with van der Waals surface area (Å²) in [6.07, 6.45) is 5.89. The molecule has 1 heterocycles. The van der Waals surface area contributed by atoms with E-state index in [9.17, 15) is 9.59 Å². The van der Waals surface area contributed by atoms with E-state index in [2.05, 4.69) is 6.92 Å². The van der Waals surface area contributed by atoms with Crippen LogP contribution in [0.4, 0.5) is 0 Å². The molecule has 2 N–H and O–H groups in total. The van der Waals surface area contributed by atoms with Gasteiger partial charge in [-0.3, -0.25) is 9.59 Å². The number of carbonyl (C=O) groups is 2. The molecule has 0 radical (unpaired) electrons. The van der Waals surface area contributed by atoms with Gasteiger partial charge in [0.05, 0.1) is 0 Å². The largest absolute Gasteiger partial charge is 0.368 e. The molecule has 1 aliphatic heterocycles. The number of likely N-dealkylation sites (tertiary alicyclic amines) is 1. The van der Waals surface area contributed by atoms with Gasteiger partial charge in [0.15, 0.2) is 0 Å². The normalized spacial score (nSPS) is 21.9. The van der Waals surface area contributed by atoms with Crippen molar-refractivity contribution in [2.75, 3.05) is 6.54 Å². The SMILES string of the molecule is CCCCC[C@@H]1CC(=O)N([C@@H](CC)C(N)=O)C1. The lowest BCUT2D eigenvalue weighted by Crippen LogP contribution is -2.45. The summed E-state index contributed by atoms with van der Waals surface area (Å²) in [6.45, 7) is 4.78. The molecule has 0 saturated carbocycles. The van der Waals surface area contributed by atoms with Crippen LogP contribution in [-0.2, 0) is 9.59 Å². The van der Waals surface area contributed by atoms with Gasteiger partial charge in [-0.15, -0.1) is 0 Å². The summed E-state index contributed by atoms with van der Waals surface area (Å²) in [7, 11) is 0.